The number of nitrogens with zero attached hydrogens (tertiary/aromatic N) is 1. The zero-order valence-corrected chi connectivity index (χ0v) is 9.25. The van der Waals surface area contributed by atoms with Crippen molar-refractivity contribution in [2.45, 2.75) is 0 Å². The van der Waals surface area contributed by atoms with Gasteiger partial charge in [0.2, 0.25) is 5.88 Å². The van der Waals surface area contributed by atoms with Gasteiger partial charge in [0, 0.05) is 17.8 Å². The summed E-state index contributed by atoms with van der Waals surface area (Å²) >= 11 is 0. The lowest BCUT2D eigenvalue weighted by atomic mass is 10.1. The number of carboxylic acids is 1. The van der Waals surface area contributed by atoms with Crippen LogP contribution >= 0.6 is 0 Å². The zero-order chi connectivity index (χ0) is 12.3. The summed E-state index contributed by atoms with van der Waals surface area (Å²) in [6.45, 7) is 0. The van der Waals surface area contributed by atoms with E-state index < -0.39 is 5.97 Å². The van der Waals surface area contributed by atoms with Gasteiger partial charge in [-0.3, -0.25) is 0 Å². The van der Waals surface area contributed by atoms with E-state index in [1.165, 1.54) is 0 Å². The van der Waals surface area contributed by atoms with Gasteiger partial charge >= 0.3 is 5.97 Å². The molecule has 1 N–H and O–H groups in total. The number of rotatable bonds is 3. The smallest absolute Gasteiger partial charge is 0.335 e. The van der Waals surface area contributed by atoms with E-state index in [0.717, 1.165) is 11.1 Å². The van der Waals surface area contributed by atoms with Gasteiger partial charge in [-0.15, -0.1) is 0 Å². The van der Waals surface area contributed by atoms with Gasteiger partial charge < -0.3 is 9.84 Å². The van der Waals surface area contributed by atoms with Crippen molar-refractivity contribution >= 4 is 5.97 Å². The van der Waals surface area contributed by atoms with Gasteiger partial charge in [0.15, 0.2) is 0 Å². The Balaban J connectivity index is 2.29. The number of methoxy groups -OCH3 is 1. The molecule has 1 aromatic carbocycles. The van der Waals surface area contributed by atoms with Crippen LogP contribution in [0.2, 0.25) is 0 Å². The number of hydrogen-bond donors (Lipinski definition) is 1. The van der Waals surface area contributed by atoms with Crippen LogP contribution in [0.4, 0.5) is 0 Å². The Morgan fingerprint density at radius 3 is 2.24 bits per heavy atom. The molecule has 0 unspecified atom stereocenters. The maximum absolute atomic E-state index is 10.7. The average Bonchev–Trinajstić information content (AvgIpc) is 2.39. The Labute approximate surface area is 98.5 Å². The maximum atomic E-state index is 10.7. The number of hydrogen-bond acceptors (Lipinski definition) is 3. The number of aromatic nitrogens is 1. The lowest BCUT2D eigenvalue weighted by molar-refractivity contribution is 0.0697. The Morgan fingerprint density at radius 1 is 1.12 bits per heavy atom. The number of benzene rings is 1. The van der Waals surface area contributed by atoms with Crippen LogP contribution < -0.4 is 4.74 Å². The number of carbonyl (C=O) groups is 1. The van der Waals surface area contributed by atoms with Crippen LogP contribution in [0.1, 0.15) is 10.4 Å². The number of carboxylic acid groups (broad SMARTS) is 1. The van der Waals surface area contributed by atoms with Crippen LogP contribution in [0.5, 0.6) is 5.88 Å². The monoisotopic (exact) mass is 229 g/mol. The second-order valence-corrected chi connectivity index (χ2v) is 3.47. The molecule has 86 valence electrons. The molecule has 0 fully saturated rings. The van der Waals surface area contributed by atoms with Crippen LogP contribution in [-0.2, 0) is 0 Å². The molecule has 0 saturated heterocycles. The van der Waals surface area contributed by atoms with Crippen molar-refractivity contribution in [3.05, 3.63) is 48.2 Å². The van der Waals surface area contributed by atoms with E-state index >= 15 is 0 Å². The van der Waals surface area contributed by atoms with Gasteiger partial charge in [0.05, 0.1) is 12.7 Å². The summed E-state index contributed by atoms with van der Waals surface area (Å²) < 4.78 is 4.97. The summed E-state index contributed by atoms with van der Waals surface area (Å²) in [7, 11) is 1.56. The molecule has 0 spiro atoms. The second-order valence-electron chi connectivity index (χ2n) is 3.47. The van der Waals surface area contributed by atoms with Gasteiger partial charge in [0.1, 0.15) is 0 Å². The molecule has 0 aliphatic rings. The Hall–Kier alpha value is -2.36. The predicted octanol–water partition coefficient (Wildman–Crippen LogP) is 2.46. The molecular weight excluding hydrogens is 218 g/mol. The highest BCUT2D eigenvalue weighted by Gasteiger charge is 2.03. The number of ether oxygens (including phenoxy) is 1. The average molecular weight is 229 g/mol. The first kappa shape index (κ1) is 11.1. The van der Waals surface area contributed by atoms with Crippen molar-refractivity contribution in [2.75, 3.05) is 7.11 Å². The van der Waals surface area contributed by atoms with E-state index in [1.54, 1.807) is 43.6 Å². The molecule has 1 heterocycles. The van der Waals surface area contributed by atoms with Crippen molar-refractivity contribution in [1.82, 2.24) is 4.98 Å². The largest absolute Gasteiger partial charge is 0.481 e. The highest BCUT2D eigenvalue weighted by atomic mass is 16.5. The summed E-state index contributed by atoms with van der Waals surface area (Å²) in [6.07, 6.45) is 1.69. The topological polar surface area (TPSA) is 59.4 Å². The standard InChI is InChI=1S/C13H11NO3/c1-17-12-7-6-11(8-14-12)9-2-4-10(5-3-9)13(15)16/h2-8H,1H3,(H,15,16). The predicted molar refractivity (Wildman–Crippen MR) is 63.2 cm³/mol. The van der Waals surface area contributed by atoms with Crippen molar-refractivity contribution in [3.8, 4) is 17.0 Å². The highest BCUT2D eigenvalue weighted by Crippen LogP contribution is 2.20. The van der Waals surface area contributed by atoms with Crippen molar-refractivity contribution in [2.24, 2.45) is 0 Å². The van der Waals surface area contributed by atoms with Gasteiger partial charge in [-0.05, 0) is 23.8 Å². The molecule has 4 heteroatoms. The number of pyridine rings is 1. The molecule has 17 heavy (non-hydrogen) atoms. The highest BCUT2D eigenvalue weighted by molar-refractivity contribution is 5.88. The maximum Gasteiger partial charge on any atom is 0.335 e. The van der Waals surface area contributed by atoms with E-state index in [1.807, 2.05) is 6.07 Å². The van der Waals surface area contributed by atoms with Gasteiger partial charge in [-0.25, -0.2) is 9.78 Å². The summed E-state index contributed by atoms with van der Waals surface area (Å²) in [5, 5.41) is 8.79. The molecule has 0 amide bonds. The number of aromatic carboxylic acids is 1. The van der Waals surface area contributed by atoms with Gasteiger partial charge in [-0.1, -0.05) is 12.1 Å². The molecule has 0 bridgehead atoms. The van der Waals surface area contributed by atoms with E-state index in [-0.39, 0.29) is 5.56 Å². The third-order valence-electron chi connectivity index (χ3n) is 2.41. The first-order valence-corrected chi connectivity index (χ1v) is 5.04. The molecule has 0 saturated carbocycles. The summed E-state index contributed by atoms with van der Waals surface area (Å²) in [6, 6.07) is 10.3. The van der Waals surface area contributed by atoms with E-state index in [4.69, 9.17) is 9.84 Å². The summed E-state index contributed by atoms with van der Waals surface area (Å²) in [4.78, 5) is 14.8. The molecule has 0 aliphatic carbocycles. The third-order valence-corrected chi connectivity index (χ3v) is 2.41. The van der Waals surface area contributed by atoms with Crippen molar-refractivity contribution in [1.29, 1.82) is 0 Å². The summed E-state index contributed by atoms with van der Waals surface area (Å²) in [5.41, 5.74) is 2.11. The first-order valence-electron chi connectivity index (χ1n) is 5.04. The summed E-state index contributed by atoms with van der Waals surface area (Å²) in [5.74, 6) is -0.375. The second kappa shape index (κ2) is 4.65. The van der Waals surface area contributed by atoms with E-state index in [2.05, 4.69) is 4.98 Å². The quantitative estimate of drug-likeness (QED) is 0.878. The fraction of sp³-hybridized carbons (Fsp3) is 0.0769. The Kier molecular flexibility index (Phi) is 3.05. The molecular formula is C13H11NO3. The van der Waals surface area contributed by atoms with E-state index in [0.29, 0.717) is 5.88 Å². The zero-order valence-electron chi connectivity index (χ0n) is 9.25. The first-order chi connectivity index (χ1) is 8.20. The van der Waals surface area contributed by atoms with Crippen LogP contribution in [0.25, 0.3) is 11.1 Å². The minimum atomic E-state index is -0.926. The SMILES string of the molecule is COc1ccc(-c2ccc(C(=O)O)cc2)cn1. The molecule has 1 aromatic heterocycles. The lowest BCUT2D eigenvalue weighted by Gasteiger charge is -2.03. The fourth-order valence-corrected chi connectivity index (χ4v) is 1.48. The van der Waals surface area contributed by atoms with E-state index in [9.17, 15) is 4.79 Å². The lowest BCUT2D eigenvalue weighted by Crippen LogP contribution is -1.95. The van der Waals surface area contributed by atoms with Crippen molar-refractivity contribution < 1.29 is 14.6 Å². The minimum Gasteiger partial charge on any atom is -0.481 e. The van der Waals surface area contributed by atoms with Gasteiger partial charge in [-0.2, -0.15) is 0 Å². The molecule has 2 aromatic rings. The normalized spacial score (nSPS) is 9.94. The Morgan fingerprint density at radius 2 is 1.76 bits per heavy atom. The van der Waals surface area contributed by atoms with Gasteiger partial charge in [0.25, 0.3) is 0 Å². The minimum absolute atomic E-state index is 0.273. The molecule has 2 rings (SSSR count). The molecule has 0 aliphatic heterocycles. The molecule has 0 radical (unpaired) electrons. The van der Waals surface area contributed by atoms with Crippen LogP contribution in [-0.4, -0.2) is 23.2 Å². The van der Waals surface area contributed by atoms with Crippen LogP contribution in [0.3, 0.4) is 0 Å². The molecule has 0 atom stereocenters. The molecule has 4 nitrogen and oxygen atoms in total. The third kappa shape index (κ3) is 2.42. The fourth-order valence-electron chi connectivity index (χ4n) is 1.48. The van der Waals surface area contributed by atoms with Crippen LogP contribution in [0, 0.1) is 0 Å². The van der Waals surface area contributed by atoms with Crippen molar-refractivity contribution in [3.63, 3.8) is 0 Å². The Bertz CT molecular complexity index is 517. The van der Waals surface area contributed by atoms with Crippen LogP contribution in [0.15, 0.2) is 42.6 Å².